The van der Waals surface area contributed by atoms with Crippen molar-refractivity contribution in [1.29, 1.82) is 0 Å². The molecule has 0 radical (unpaired) electrons. The van der Waals surface area contributed by atoms with Crippen molar-refractivity contribution in [1.82, 2.24) is 20.8 Å². The SMILES string of the molecule is Nc1nnc(SCC(=O)NC(=O)NCc2ccco2)s1. The van der Waals surface area contributed by atoms with Crippen molar-refractivity contribution < 1.29 is 14.0 Å². The van der Waals surface area contributed by atoms with E-state index in [4.69, 9.17) is 10.2 Å². The first-order chi connectivity index (χ1) is 9.63. The number of rotatable bonds is 5. The predicted molar refractivity (Wildman–Crippen MR) is 74.1 cm³/mol. The number of urea groups is 1. The monoisotopic (exact) mass is 313 g/mol. The van der Waals surface area contributed by atoms with Crippen LogP contribution in [0.5, 0.6) is 0 Å². The van der Waals surface area contributed by atoms with Crippen LogP contribution in [-0.2, 0) is 11.3 Å². The second-order valence-corrected chi connectivity index (χ2v) is 5.74. The van der Waals surface area contributed by atoms with E-state index in [-0.39, 0.29) is 12.3 Å². The molecule has 20 heavy (non-hydrogen) atoms. The third kappa shape index (κ3) is 4.55. The average Bonchev–Trinajstić information content (AvgIpc) is 3.05. The summed E-state index contributed by atoms with van der Waals surface area (Å²) in [6, 6.07) is 2.85. The summed E-state index contributed by atoms with van der Waals surface area (Å²) in [6.07, 6.45) is 1.50. The largest absolute Gasteiger partial charge is 0.467 e. The first kappa shape index (κ1) is 14.3. The number of furan rings is 1. The number of carbonyl (C=O) groups excluding carboxylic acids is 2. The number of nitrogens with two attached hydrogens (primary N) is 1. The lowest BCUT2D eigenvalue weighted by molar-refractivity contribution is -0.117. The van der Waals surface area contributed by atoms with Gasteiger partial charge in [0.05, 0.1) is 18.6 Å². The van der Waals surface area contributed by atoms with Crippen LogP contribution in [-0.4, -0.2) is 27.9 Å². The van der Waals surface area contributed by atoms with E-state index in [9.17, 15) is 9.59 Å². The lowest BCUT2D eigenvalue weighted by Gasteiger charge is -2.04. The van der Waals surface area contributed by atoms with Crippen LogP contribution < -0.4 is 16.4 Å². The van der Waals surface area contributed by atoms with Crippen molar-refractivity contribution in [3.8, 4) is 0 Å². The molecule has 2 heterocycles. The highest BCUT2D eigenvalue weighted by Gasteiger charge is 2.10. The predicted octanol–water partition coefficient (Wildman–Crippen LogP) is 0.831. The van der Waals surface area contributed by atoms with Gasteiger partial charge in [-0.3, -0.25) is 10.1 Å². The Morgan fingerprint density at radius 1 is 1.45 bits per heavy atom. The van der Waals surface area contributed by atoms with Crippen LogP contribution in [0.3, 0.4) is 0 Å². The van der Waals surface area contributed by atoms with Crippen molar-refractivity contribution in [3.63, 3.8) is 0 Å². The third-order valence-corrected chi connectivity index (χ3v) is 3.89. The summed E-state index contributed by atoms with van der Waals surface area (Å²) in [5, 5.41) is 12.4. The molecule has 8 nitrogen and oxygen atoms in total. The summed E-state index contributed by atoms with van der Waals surface area (Å²) in [7, 11) is 0. The van der Waals surface area contributed by atoms with Crippen LogP contribution in [0, 0.1) is 0 Å². The number of carbonyl (C=O) groups is 2. The van der Waals surface area contributed by atoms with E-state index in [1.165, 1.54) is 17.6 Å². The van der Waals surface area contributed by atoms with Gasteiger partial charge in [-0.2, -0.15) is 0 Å². The first-order valence-corrected chi connectivity index (χ1v) is 7.25. The van der Waals surface area contributed by atoms with Crippen LogP contribution in [0.1, 0.15) is 5.76 Å². The van der Waals surface area contributed by atoms with Gasteiger partial charge >= 0.3 is 6.03 Å². The molecule has 2 rings (SSSR count). The maximum atomic E-state index is 11.5. The van der Waals surface area contributed by atoms with Crippen LogP contribution in [0.4, 0.5) is 9.93 Å². The summed E-state index contributed by atoms with van der Waals surface area (Å²) in [5.41, 5.74) is 5.41. The molecular weight excluding hydrogens is 302 g/mol. The van der Waals surface area contributed by atoms with Crippen molar-refractivity contribution in [3.05, 3.63) is 24.2 Å². The average molecular weight is 313 g/mol. The Morgan fingerprint density at radius 2 is 2.30 bits per heavy atom. The molecule has 2 aromatic heterocycles. The Labute approximate surface area is 122 Å². The lowest BCUT2D eigenvalue weighted by Crippen LogP contribution is -2.39. The molecule has 0 bridgehead atoms. The molecule has 0 saturated carbocycles. The Hall–Kier alpha value is -2.07. The van der Waals surface area contributed by atoms with Gasteiger partial charge in [-0.25, -0.2) is 4.79 Å². The zero-order valence-electron chi connectivity index (χ0n) is 10.2. The van der Waals surface area contributed by atoms with Crippen molar-refractivity contribution >= 4 is 40.2 Å². The molecule has 10 heteroatoms. The van der Waals surface area contributed by atoms with E-state index in [1.54, 1.807) is 12.1 Å². The Morgan fingerprint density at radius 3 is 2.95 bits per heavy atom. The minimum atomic E-state index is -0.580. The third-order valence-electron chi connectivity index (χ3n) is 2.01. The number of hydrogen-bond acceptors (Lipinski definition) is 8. The summed E-state index contributed by atoms with van der Waals surface area (Å²) in [4.78, 5) is 22.9. The molecule has 4 N–H and O–H groups in total. The molecule has 3 amide bonds. The summed E-state index contributed by atoms with van der Waals surface area (Å²) in [5.74, 6) is 0.232. The first-order valence-electron chi connectivity index (χ1n) is 5.45. The fraction of sp³-hybridized carbons (Fsp3) is 0.200. The van der Waals surface area contributed by atoms with Crippen LogP contribution >= 0.6 is 23.1 Å². The lowest BCUT2D eigenvalue weighted by atomic mass is 10.4. The topological polar surface area (TPSA) is 123 Å². The number of hydrogen-bond donors (Lipinski definition) is 3. The second kappa shape index (κ2) is 6.91. The Bertz CT molecular complexity index is 583. The van der Waals surface area contributed by atoms with E-state index in [2.05, 4.69) is 20.8 Å². The van der Waals surface area contributed by atoms with Gasteiger partial charge in [0.1, 0.15) is 5.76 Å². The number of nitrogens with one attached hydrogen (secondary N) is 2. The number of amides is 3. The molecule has 106 valence electrons. The quantitative estimate of drug-likeness (QED) is 0.698. The standard InChI is InChI=1S/C10H11N5O3S2/c11-8-14-15-10(20-8)19-5-7(16)13-9(17)12-4-6-2-1-3-18-6/h1-3H,4-5H2,(H2,11,14)(H2,12,13,16,17). The number of anilines is 1. The number of nitrogen functional groups attached to an aromatic ring is 1. The molecule has 2 aromatic rings. The number of imide groups is 1. The normalized spacial score (nSPS) is 10.2. The maximum absolute atomic E-state index is 11.5. The highest BCUT2D eigenvalue weighted by Crippen LogP contribution is 2.22. The molecule has 0 unspecified atom stereocenters. The van der Waals surface area contributed by atoms with Gasteiger partial charge in [0, 0.05) is 0 Å². The van der Waals surface area contributed by atoms with E-state index in [0.717, 1.165) is 11.8 Å². The molecule has 0 aliphatic heterocycles. The van der Waals surface area contributed by atoms with Gasteiger partial charge in [-0.15, -0.1) is 10.2 Å². The molecule has 0 aliphatic rings. The van der Waals surface area contributed by atoms with Gasteiger partial charge < -0.3 is 15.5 Å². The van der Waals surface area contributed by atoms with Gasteiger partial charge in [0.25, 0.3) is 0 Å². The molecule has 0 spiro atoms. The van der Waals surface area contributed by atoms with Gasteiger partial charge in [0.2, 0.25) is 11.0 Å². The highest BCUT2D eigenvalue weighted by atomic mass is 32.2. The minimum absolute atomic E-state index is 0.0583. The molecule has 0 aromatic carbocycles. The van der Waals surface area contributed by atoms with E-state index in [1.807, 2.05) is 0 Å². The van der Waals surface area contributed by atoms with E-state index in [0.29, 0.717) is 15.2 Å². The number of nitrogens with zero attached hydrogens (tertiary/aromatic N) is 2. The number of aromatic nitrogens is 2. The zero-order valence-corrected chi connectivity index (χ0v) is 11.8. The summed E-state index contributed by atoms with van der Waals surface area (Å²) >= 11 is 2.34. The van der Waals surface area contributed by atoms with Crippen molar-refractivity contribution in [2.75, 3.05) is 11.5 Å². The van der Waals surface area contributed by atoms with E-state index >= 15 is 0 Å². The van der Waals surface area contributed by atoms with Gasteiger partial charge in [0.15, 0.2) is 4.34 Å². The fourth-order valence-electron chi connectivity index (χ4n) is 1.19. The van der Waals surface area contributed by atoms with Gasteiger partial charge in [-0.1, -0.05) is 23.1 Å². The molecule has 0 saturated heterocycles. The number of thioether (sulfide) groups is 1. The second-order valence-electron chi connectivity index (χ2n) is 3.51. The fourth-order valence-corrected chi connectivity index (χ4v) is 2.63. The molecule has 0 aliphatic carbocycles. The smallest absolute Gasteiger partial charge is 0.321 e. The van der Waals surface area contributed by atoms with Crippen LogP contribution in [0.25, 0.3) is 0 Å². The van der Waals surface area contributed by atoms with Crippen LogP contribution in [0.15, 0.2) is 27.2 Å². The Kier molecular flexibility index (Phi) is 4.96. The zero-order chi connectivity index (χ0) is 14.4. The van der Waals surface area contributed by atoms with Crippen molar-refractivity contribution in [2.45, 2.75) is 10.9 Å². The van der Waals surface area contributed by atoms with Gasteiger partial charge in [-0.05, 0) is 12.1 Å². The molecular formula is C10H11N5O3S2. The van der Waals surface area contributed by atoms with E-state index < -0.39 is 11.9 Å². The summed E-state index contributed by atoms with van der Waals surface area (Å²) < 4.78 is 5.62. The summed E-state index contributed by atoms with van der Waals surface area (Å²) in [6.45, 7) is 0.214. The van der Waals surface area contributed by atoms with Crippen LogP contribution in [0.2, 0.25) is 0 Å². The molecule has 0 atom stereocenters. The van der Waals surface area contributed by atoms with Crippen molar-refractivity contribution in [2.24, 2.45) is 0 Å². The maximum Gasteiger partial charge on any atom is 0.321 e. The minimum Gasteiger partial charge on any atom is -0.467 e. The Balaban J connectivity index is 1.67. The highest BCUT2D eigenvalue weighted by molar-refractivity contribution is 8.01. The molecule has 0 fully saturated rings.